The largest absolute Gasteiger partial charge is 0.459 e. The second-order valence-electron chi connectivity index (χ2n) is 9.10. The highest BCUT2D eigenvalue weighted by Crippen LogP contribution is 2.50. The van der Waals surface area contributed by atoms with Gasteiger partial charge in [0, 0.05) is 23.2 Å². The van der Waals surface area contributed by atoms with Gasteiger partial charge in [-0.1, -0.05) is 51.5 Å². The molecule has 188 valence electrons. The van der Waals surface area contributed by atoms with Gasteiger partial charge in [-0.3, -0.25) is 19.7 Å². The molecule has 0 saturated heterocycles. The Morgan fingerprint density at radius 3 is 2.55 bits per heavy atom. The van der Waals surface area contributed by atoms with Crippen LogP contribution in [0.3, 0.4) is 0 Å². The lowest BCUT2D eigenvalue weighted by atomic mass is 9.58. The number of hydrogen-bond acceptors (Lipinski definition) is 7. The molecule has 2 aliphatic rings. The van der Waals surface area contributed by atoms with E-state index in [2.05, 4.69) is 0 Å². The number of hydrogen-bond donors (Lipinski definition) is 2. The molecule has 8 heteroatoms. The number of rotatable bonds is 7. The van der Waals surface area contributed by atoms with Crippen LogP contribution in [0.25, 0.3) is 0 Å². The molecule has 8 nitrogen and oxygen atoms in total. The number of aliphatic hydroxyl groups excluding tert-OH is 2. The summed E-state index contributed by atoms with van der Waals surface area (Å²) in [6.45, 7) is 10.0. The molecule has 2 N–H and O–H groups in total. The molecule has 2 rings (SSSR count). The van der Waals surface area contributed by atoms with Gasteiger partial charge in [-0.25, -0.2) is 0 Å². The minimum atomic E-state index is -0.909. The smallest absolute Gasteiger partial charge is 0.306 e. The molecule has 0 saturated carbocycles. The summed E-state index contributed by atoms with van der Waals surface area (Å²) in [6.07, 6.45) is 6.02. The van der Waals surface area contributed by atoms with Gasteiger partial charge in [-0.2, -0.15) is 0 Å². The number of allylic oxidation sites excluding steroid dienone is 3. The first kappa shape index (κ1) is 29.0. The van der Waals surface area contributed by atoms with Crippen molar-refractivity contribution >= 4 is 11.8 Å². The second kappa shape index (κ2) is 13.0. The number of ether oxygens (including phenoxy) is 1. The van der Waals surface area contributed by atoms with Crippen LogP contribution in [0.1, 0.15) is 67.2 Å². The number of cyclic esters (lactones) is 1. The van der Waals surface area contributed by atoms with Crippen molar-refractivity contribution in [2.75, 3.05) is 13.2 Å². The summed E-state index contributed by atoms with van der Waals surface area (Å²) < 4.78 is 5.52. The van der Waals surface area contributed by atoms with E-state index < -0.39 is 53.5 Å². The van der Waals surface area contributed by atoms with Crippen LogP contribution in [-0.2, 0) is 14.3 Å². The lowest BCUT2D eigenvalue weighted by Gasteiger charge is -2.45. The van der Waals surface area contributed by atoms with Gasteiger partial charge in [0.05, 0.1) is 24.0 Å². The van der Waals surface area contributed by atoms with E-state index in [1.807, 2.05) is 45.9 Å². The van der Waals surface area contributed by atoms with Crippen molar-refractivity contribution < 1.29 is 29.5 Å². The molecule has 0 aromatic heterocycles. The van der Waals surface area contributed by atoms with Crippen molar-refractivity contribution in [2.45, 2.75) is 79.4 Å². The number of esters is 1. The molecular weight excluding hydrogens is 426 g/mol. The maximum atomic E-state index is 13.9. The van der Waals surface area contributed by atoms with Gasteiger partial charge in [0.25, 0.3) is 0 Å². The Balaban J connectivity index is 0.00000265. The summed E-state index contributed by atoms with van der Waals surface area (Å²) in [7, 11) is 0. The Bertz CT molecular complexity index is 745. The molecule has 6 unspecified atom stereocenters. The molecule has 0 fully saturated rings. The fourth-order valence-corrected chi connectivity index (χ4v) is 5.21. The van der Waals surface area contributed by atoms with Gasteiger partial charge < -0.3 is 14.9 Å². The molecular formula is C25H41NO7. The second-order valence-corrected chi connectivity index (χ2v) is 9.10. The Kier molecular flexibility index (Phi) is 11.4. The average Bonchev–Trinajstić information content (AvgIpc) is 2.79. The van der Waals surface area contributed by atoms with Crippen molar-refractivity contribution in [3.63, 3.8) is 0 Å². The minimum Gasteiger partial charge on any atom is -0.459 e. The van der Waals surface area contributed by atoms with Crippen LogP contribution in [0.5, 0.6) is 0 Å². The van der Waals surface area contributed by atoms with Crippen LogP contribution >= 0.6 is 0 Å². The van der Waals surface area contributed by atoms with E-state index in [9.17, 15) is 29.9 Å². The van der Waals surface area contributed by atoms with Crippen LogP contribution in [0.2, 0.25) is 0 Å². The van der Waals surface area contributed by atoms with E-state index in [0.29, 0.717) is 19.3 Å². The zero-order valence-electron chi connectivity index (χ0n) is 20.8. The van der Waals surface area contributed by atoms with Gasteiger partial charge in [-0.05, 0) is 39.0 Å². The van der Waals surface area contributed by atoms with E-state index in [-0.39, 0.29) is 24.0 Å². The average molecular weight is 468 g/mol. The lowest BCUT2D eigenvalue weighted by Crippen LogP contribution is -2.47. The van der Waals surface area contributed by atoms with Crippen LogP contribution < -0.4 is 0 Å². The maximum absolute atomic E-state index is 13.9. The van der Waals surface area contributed by atoms with Gasteiger partial charge in [-0.15, -0.1) is 0 Å². The highest BCUT2D eigenvalue weighted by atomic mass is 16.6. The Hall–Kier alpha value is -2.06. The topological polar surface area (TPSA) is 127 Å². The van der Waals surface area contributed by atoms with Crippen LogP contribution in [0, 0.1) is 39.2 Å². The van der Waals surface area contributed by atoms with Crippen molar-refractivity contribution in [1.29, 1.82) is 0 Å². The quantitative estimate of drug-likeness (QED) is 0.253. The van der Waals surface area contributed by atoms with E-state index in [1.54, 1.807) is 13.8 Å². The predicted octanol–water partition coefficient (Wildman–Crippen LogP) is 3.72. The van der Waals surface area contributed by atoms with Gasteiger partial charge >= 0.3 is 5.97 Å². The summed E-state index contributed by atoms with van der Waals surface area (Å²) in [4.78, 5) is 36.9. The van der Waals surface area contributed by atoms with E-state index in [0.717, 1.165) is 5.57 Å². The fraction of sp³-hybridized carbons (Fsp3) is 0.760. The summed E-state index contributed by atoms with van der Waals surface area (Å²) in [5, 5.41) is 30.9. The van der Waals surface area contributed by atoms with Crippen LogP contribution in [0.4, 0.5) is 0 Å². The minimum absolute atomic E-state index is 0.111. The molecule has 7 atom stereocenters. The summed E-state index contributed by atoms with van der Waals surface area (Å²) in [6, 6.07) is 0. The van der Waals surface area contributed by atoms with Crippen molar-refractivity contribution in [1.82, 2.24) is 0 Å². The summed E-state index contributed by atoms with van der Waals surface area (Å²) >= 11 is 0. The normalized spacial score (nSPS) is 31.9. The monoisotopic (exact) mass is 467 g/mol. The number of nitrogens with zero attached hydrogens (tertiary/aromatic N) is 1. The van der Waals surface area contributed by atoms with Gasteiger partial charge in [0.15, 0.2) is 0 Å². The first-order valence-electron chi connectivity index (χ1n) is 12.0. The number of carbonyl (C=O) groups excluding carboxylic acids is 2. The highest BCUT2D eigenvalue weighted by Gasteiger charge is 2.50. The molecule has 0 radical (unpaired) electrons. The number of Topliss-reactive ketones (excluding diaryl/α,β-unsaturated/α-hetero) is 1. The van der Waals surface area contributed by atoms with Crippen LogP contribution in [-0.4, -0.2) is 52.2 Å². The first-order valence-corrected chi connectivity index (χ1v) is 12.0. The summed E-state index contributed by atoms with van der Waals surface area (Å²) in [5.74, 6) is -2.61. The number of carbonyl (C=O) groups is 2. The van der Waals surface area contributed by atoms with E-state index in [1.165, 1.54) is 0 Å². The number of ketones is 1. The zero-order chi connectivity index (χ0) is 25.3. The Morgan fingerprint density at radius 1 is 1.36 bits per heavy atom. The standard InChI is InChI=1S/C23H35NO7.C2H6/c1-14-11-15(2)23(22(28)16(3)18(13-25)12-24(29)30)10-6-5-7-19(23)8-9-20(27)31-21(14)17(4)26;1-2/h5,7,11,14,16-19,21,25-26H,6,8-10,12-13H2,1-4H3;1-2H3/b15-11+;/t14?,16?,17?,18-,19?,21?,23?;/m0./s1. The Labute approximate surface area is 197 Å². The zero-order valence-corrected chi connectivity index (χ0v) is 20.8. The van der Waals surface area contributed by atoms with E-state index in [4.69, 9.17) is 4.74 Å². The Morgan fingerprint density at radius 2 is 2.00 bits per heavy atom. The molecule has 1 aliphatic heterocycles. The number of aliphatic hydroxyl groups is 2. The first-order chi connectivity index (χ1) is 15.5. The third kappa shape index (κ3) is 6.73. The fourth-order valence-electron chi connectivity index (χ4n) is 5.21. The van der Waals surface area contributed by atoms with E-state index >= 15 is 0 Å². The van der Waals surface area contributed by atoms with Crippen LogP contribution in [0.15, 0.2) is 23.8 Å². The molecule has 0 amide bonds. The third-order valence-electron chi connectivity index (χ3n) is 7.02. The molecule has 33 heavy (non-hydrogen) atoms. The molecule has 1 heterocycles. The van der Waals surface area contributed by atoms with Crippen molar-refractivity contribution in [2.24, 2.45) is 29.1 Å². The predicted molar refractivity (Wildman–Crippen MR) is 126 cm³/mol. The number of nitro groups is 1. The molecule has 0 bridgehead atoms. The number of fused-ring (bicyclic) bond motifs is 1. The van der Waals surface area contributed by atoms with Gasteiger partial charge in [0.1, 0.15) is 11.9 Å². The van der Waals surface area contributed by atoms with Crippen molar-refractivity contribution in [3.8, 4) is 0 Å². The summed E-state index contributed by atoms with van der Waals surface area (Å²) in [5.41, 5.74) is -0.0829. The highest BCUT2D eigenvalue weighted by molar-refractivity contribution is 5.91. The SMILES string of the molecule is C/C1=C\C(C)C(C(C)O)OC(=O)CCC2C=CCCC12C(=O)C(C)[C@H](CO)C[N+](=O)[O-].CC. The van der Waals surface area contributed by atoms with Gasteiger partial charge in [0.2, 0.25) is 6.54 Å². The lowest BCUT2D eigenvalue weighted by molar-refractivity contribution is -0.490. The van der Waals surface area contributed by atoms with Crippen molar-refractivity contribution in [3.05, 3.63) is 33.9 Å². The maximum Gasteiger partial charge on any atom is 0.306 e. The molecule has 1 aliphatic carbocycles. The molecule has 0 aromatic carbocycles. The molecule has 0 aromatic rings. The molecule has 0 spiro atoms. The third-order valence-corrected chi connectivity index (χ3v) is 7.02.